The fourth-order valence-corrected chi connectivity index (χ4v) is 1.93. The first-order chi connectivity index (χ1) is 6.77. The average Bonchev–Trinajstić information content (AvgIpc) is 2.63. The zero-order valence-corrected chi connectivity index (χ0v) is 8.66. The first kappa shape index (κ1) is 9.25. The monoisotopic (exact) mass is 189 g/mol. The summed E-state index contributed by atoms with van der Waals surface area (Å²) in [5.41, 5.74) is 2.10. The number of rotatable bonds is 2. The Hall–Kier alpha value is -1.31. The quantitative estimate of drug-likeness (QED) is 0.700. The first-order valence-corrected chi connectivity index (χ1v) is 5.04. The Balaban J connectivity index is 2.32. The highest BCUT2D eigenvalue weighted by molar-refractivity contribution is 5.83. The molecule has 0 amide bonds. The van der Waals surface area contributed by atoms with Crippen LogP contribution in [0, 0.1) is 0 Å². The molecule has 0 N–H and O–H groups in total. The van der Waals surface area contributed by atoms with Crippen molar-refractivity contribution in [3.63, 3.8) is 0 Å². The SMILES string of the molecule is CC[C@]1(c2ccccc2)CC(C)=NO1. The zero-order valence-electron chi connectivity index (χ0n) is 8.66. The van der Waals surface area contributed by atoms with Gasteiger partial charge >= 0.3 is 0 Å². The summed E-state index contributed by atoms with van der Waals surface area (Å²) in [4.78, 5) is 5.58. The summed E-state index contributed by atoms with van der Waals surface area (Å²) in [6.45, 7) is 4.15. The molecule has 1 aliphatic rings. The maximum Gasteiger partial charge on any atom is 0.167 e. The van der Waals surface area contributed by atoms with E-state index in [1.165, 1.54) is 5.56 Å². The third kappa shape index (κ3) is 1.41. The summed E-state index contributed by atoms with van der Waals surface area (Å²) in [6, 6.07) is 10.3. The molecule has 0 fully saturated rings. The Morgan fingerprint density at radius 1 is 1.36 bits per heavy atom. The highest BCUT2D eigenvalue weighted by atomic mass is 16.7. The molecule has 1 aromatic carbocycles. The van der Waals surface area contributed by atoms with E-state index in [4.69, 9.17) is 4.84 Å². The van der Waals surface area contributed by atoms with Gasteiger partial charge in [-0.3, -0.25) is 0 Å². The molecule has 0 aromatic heterocycles. The van der Waals surface area contributed by atoms with Crippen molar-refractivity contribution in [2.45, 2.75) is 32.3 Å². The minimum atomic E-state index is -0.203. The van der Waals surface area contributed by atoms with E-state index >= 15 is 0 Å². The van der Waals surface area contributed by atoms with Crippen LogP contribution in [0.25, 0.3) is 0 Å². The molecule has 2 heteroatoms. The molecule has 0 unspecified atom stereocenters. The molecule has 0 aliphatic carbocycles. The summed E-state index contributed by atoms with van der Waals surface area (Å²) < 4.78 is 0. The van der Waals surface area contributed by atoms with Crippen LogP contribution in [0.3, 0.4) is 0 Å². The molecule has 14 heavy (non-hydrogen) atoms. The lowest BCUT2D eigenvalue weighted by Crippen LogP contribution is -2.24. The molecular weight excluding hydrogens is 174 g/mol. The van der Waals surface area contributed by atoms with Crippen LogP contribution in [0.2, 0.25) is 0 Å². The lowest BCUT2D eigenvalue weighted by molar-refractivity contribution is -0.0263. The van der Waals surface area contributed by atoms with Crippen molar-refractivity contribution in [2.75, 3.05) is 0 Å². The maximum absolute atomic E-state index is 5.58. The van der Waals surface area contributed by atoms with Crippen LogP contribution in [0.4, 0.5) is 0 Å². The van der Waals surface area contributed by atoms with Crippen LogP contribution in [0.1, 0.15) is 32.3 Å². The van der Waals surface area contributed by atoms with Gasteiger partial charge in [-0.1, -0.05) is 42.4 Å². The molecular formula is C12H15NO. The van der Waals surface area contributed by atoms with Gasteiger partial charge in [0.2, 0.25) is 0 Å². The number of benzene rings is 1. The Morgan fingerprint density at radius 2 is 2.07 bits per heavy atom. The van der Waals surface area contributed by atoms with Crippen molar-refractivity contribution < 1.29 is 4.84 Å². The molecule has 0 radical (unpaired) electrons. The highest BCUT2D eigenvalue weighted by Gasteiger charge is 2.37. The van der Waals surface area contributed by atoms with E-state index in [2.05, 4.69) is 24.2 Å². The molecule has 1 heterocycles. The Morgan fingerprint density at radius 3 is 2.57 bits per heavy atom. The standard InChI is InChI=1S/C12H15NO/c1-3-12(9-10(2)13-14-12)11-7-5-4-6-8-11/h4-8H,3,9H2,1-2H3/t12-/m1/s1. The van der Waals surface area contributed by atoms with Crippen molar-refractivity contribution in [3.05, 3.63) is 35.9 Å². The van der Waals surface area contributed by atoms with Crippen LogP contribution in [-0.4, -0.2) is 5.71 Å². The molecule has 0 spiro atoms. The van der Waals surface area contributed by atoms with Crippen LogP contribution < -0.4 is 0 Å². The van der Waals surface area contributed by atoms with E-state index < -0.39 is 0 Å². The lowest BCUT2D eigenvalue weighted by atomic mass is 9.87. The van der Waals surface area contributed by atoms with Crippen LogP contribution in [0.5, 0.6) is 0 Å². The van der Waals surface area contributed by atoms with Crippen molar-refractivity contribution in [1.82, 2.24) is 0 Å². The van der Waals surface area contributed by atoms with E-state index in [0.29, 0.717) is 0 Å². The van der Waals surface area contributed by atoms with Gasteiger partial charge in [0.25, 0.3) is 0 Å². The van der Waals surface area contributed by atoms with Crippen LogP contribution in [-0.2, 0) is 10.4 Å². The van der Waals surface area contributed by atoms with Crippen LogP contribution in [0.15, 0.2) is 35.5 Å². The van der Waals surface area contributed by atoms with Gasteiger partial charge in [0.05, 0.1) is 5.71 Å². The number of nitrogens with zero attached hydrogens (tertiary/aromatic N) is 1. The first-order valence-electron chi connectivity index (χ1n) is 5.04. The van der Waals surface area contributed by atoms with Gasteiger partial charge in [-0.15, -0.1) is 0 Å². The molecule has 1 aromatic rings. The fraction of sp³-hybridized carbons (Fsp3) is 0.417. The summed E-state index contributed by atoms with van der Waals surface area (Å²) >= 11 is 0. The molecule has 1 atom stereocenters. The third-order valence-electron chi connectivity index (χ3n) is 2.79. The second-order valence-electron chi connectivity index (χ2n) is 3.81. The van der Waals surface area contributed by atoms with Crippen molar-refractivity contribution in [2.24, 2.45) is 5.16 Å². The van der Waals surface area contributed by atoms with E-state index in [0.717, 1.165) is 18.6 Å². The highest BCUT2D eigenvalue weighted by Crippen LogP contribution is 2.37. The Bertz CT molecular complexity index is 345. The third-order valence-corrected chi connectivity index (χ3v) is 2.79. The van der Waals surface area contributed by atoms with Gasteiger partial charge in [-0.2, -0.15) is 0 Å². The molecule has 1 aliphatic heterocycles. The minimum absolute atomic E-state index is 0.203. The molecule has 0 saturated heterocycles. The smallest absolute Gasteiger partial charge is 0.167 e. The van der Waals surface area contributed by atoms with E-state index in [9.17, 15) is 0 Å². The number of hydrogen-bond acceptors (Lipinski definition) is 2. The van der Waals surface area contributed by atoms with Crippen molar-refractivity contribution in [3.8, 4) is 0 Å². The van der Waals surface area contributed by atoms with E-state index in [1.54, 1.807) is 0 Å². The van der Waals surface area contributed by atoms with E-state index in [1.807, 2.05) is 25.1 Å². The molecule has 0 bridgehead atoms. The summed E-state index contributed by atoms with van der Waals surface area (Å²) in [6.07, 6.45) is 1.87. The summed E-state index contributed by atoms with van der Waals surface area (Å²) in [5, 5.41) is 4.05. The Kier molecular flexibility index (Phi) is 2.28. The predicted octanol–water partition coefficient (Wildman–Crippen LogP) is 3.09. The maximum atomic E-state index is 5.58. The average molecular weight is 189 g/mol. The lowest BCUT2D eigenvalue weighted by Gasteiger charge is -2.25. The van der Waals surface area contributed by atoms with Gasteiger partial charge in [0.15, 0.2) is 5.60 Å². The molecule has 2 nitrogen and oxygen atoms in total. The van der Waals surface area contributed by atoms with Gasteiger partial charge < -0.3 is 4.84 Å². The van der Waals surface area contributed by atoms with Gasteiger partial charge in [-0.05, 0) is 18.9 Å². The molecule has 74 valence electrons. The topological polar surface area (TPSA) is 21.6 Å². The van der Waals surface area contributed by atoms with Gasteiger partial charge in [0.1, 0.15) is 0 Å². The normalized spacial score (nSPS) is 25.7. The Labute approximate surface area is 84.6 Å². The van der Waals surface area contributed by atoms with Gasteiger partial charge in [-0.25, -0.2) is 0 Å². The predicted molar refractivity (Wildman–Crippen MR) is 57.2 cm³/mol. The summed E-state index contributed by atoms with van der Waals surface area (Å²) in [7, 11) is 0. The second kappa shape index (κ2) is 3.45. The van der Waals surface area contributed by atoms with E-state index in [-0.39, 0.29) is 5.60 Å². The van der Waals surface area contributed by atoms with Crippen molar-refractivity contribution in [1.29, 1.82) is 0 Å². The zero-order chi connectivity index (χ0) is 10.0. The molecule has 2 rings (SSSR count). The van der Waals surface area contributed by atoms with Crippen molar-refractivity contribution >= 4 is 5.71 Å². The largest absolute Gasteiger partial charge is 0.384 e. The second-order valence-corrected chi connectivity index (χ2v) is 3.81. The number of oxime groups is 1. The van der Waals surface area contributed by atoms with Crippen LogP contribution >= 0.6 is 0 Å². The number of hydrogen-bond donors (Lipinski definition) is 0. The minimum Gasteiger partial charge on any atom is -0.384 e. The summed E-state index contributed by atoms with van der Waals surface area (Å²) in [5.74, 6) is 0. The van der Waals surface area contributed by atoms with Gasteiger partial charge in [0, 0.05) is 6.42 Å². The fourth-order valence-electron chi connectivity index (χ4n) is 1.93. The molecule has 0 saturated carbocycles.